The number of carbonyl (C=O) groups excluding carboxylic acids is 2. The number of carbonyl (C=O) groups is 2. The molecule has 3 heteroatoms. The summed E-state index contributed by atoms with van der Waals surface area (Å²) in [4.78, 5) is 26.6. The van der Waals surface area contributed by atoms with Gasteiger partial charge >= 0.3 is 0 Å². The van der Waals surface area contributed by atoms with Gasteiger partial charge in [-0.05, 0) is 18.4 Å². The highest BCUT2D eigenvalue weighted by Gasteiger charge is 2.32. The first-order valence-corrected chi connectivity index (χ1v) is 8.15. The minimum absolute atomic E-state index is 0.0365. The van der Waals surface area contributed by atoms with Crippen LogP contribution in [0.15, 0.2) is 60.7 Å². The van der Waals surface area contributed by atoms with Gasteiger partial charge < -0.3 is 4.90 Å². The number of Topliss-reactive ketones (excluding diaryl/α,β-unsaturated/α-hetero) is 1. The Morgan fingerprint density at radius 3 is 2.09 bits per heavy atom. The van der Waals surface area contributed by atoms with Crippen LogP contribution in [0.4, 0.5) is 0 Å². The second-order valence-corrected chi connectivity index (χ2v) is 6.03. The number of rotatable bonds is 7. The van der Waals surface area contributed by atoms with Crippen LogP contribution in [0.25, 0.3) is 0 Å². The summed E-state index contributed by atoms with van der Waals surface area (Å²) in [6, 6.07) is 19.6. The molecule has 0 heterocycles. The maximum Gasteiger partial charge on any atom is 0.223 e. The van der Waals surface area contributed by atoms with Gasteiger partial charge in [0.05, 0.1) is 0 Å². The third-order valence-electron chi connectivity index (χ3n) is 4.17. The molecule has 0 radical (unpaired) electrons. The van der Waals surface area contributed by atoms with Crippen molar-refractivity contribution in [2.24, 2.45) is 0 Å². The molecule has 0 aromatic heterocycles. The van der Waals surface area contributed by atoms with Crippen molar-refractivity contribution in [1.29, 1.82) is 0 Å². The van der Waals surface area contributed by atoms with Crippen molar-refractivity contribution in [1.82, 2.24) is 4.90 Å². The van der Waals surface area contributed by atoms with Gasteiger partial charge in [0.25, 0.3) is 0 Å². The van der Waals surface area contributed by atoms with Crippen LogP contribution in [0.3, 0.4) is 0 Å². The third-order valence-corrected chi connectivity index (χ3v) is 4.17. The lowest BCUT2D eigenvalue weighted by Crippen LogP contribution is -2.32. The van der Waals surface area contributed by atoms with Gasteiger partial charge in [-0.3, -0.25) is 9.59 Å². The van der Waals surface area contributed by atoms with E-state index in [1.807, 2.05) is 53.4 Å². The van der Waals surface area contributed by atoms with Gasteiger partial charge in [0.2, 0.25) is 5.91 Å². The fourth-order valence-electron chi connectivity index (χ4n) is 2.72. The zero-order chi connectivity index (χ0) is 16.1. The molecular weight excluding hydrogens is 286 g/mol. The molecule has 1 amide bonds. The number of hydrogen-bond donors (Lipinski definition) is 0. The van der Waals surface area contributed by atoms with Crippen molar-refractivity contribution in [3.8, 4) is 0 Å². The van der Waals surface area contributed by atoms with Gasteiger partial charge in [0.1, 0.15) is 0 Å². The molecule has 0 bridgehead atoms. The zero-order valence-corrected chi connectivity index (χ0v) is 13.2. The average molecular weight is 307 g/mol. The van der Waals surface area contributed by atoms with E-state index in [-0.39, 0.29) is 24.5 Å². The van der Waals surface area contributed by atoms with E-state index < -0.39 is 0 Å². The standard InChI is InChI=1S/C20H21NO2/c22-19(17-9-5-2-6-10-17)13-14-20(23)21(18-11-12-18)15-16-7-3-1-4-8-16/h1-10,18H,11-15H2. The fraction of sp³-hybridized carbons (Fsp3) is 0.300. The molecule has 0 aliphatic heterocycles. The SMILES string of the molecule is O=C(CCC(=O)N(Cc1ccccc1)C1CC1)c1ccccc1. The molecule has 0 atom stereocenters. The Balaban J connectivity index is 1.58. The van der Waals surface area contributed by atoms with E-state index >= 15 is 0 Å². The predicted octanol–water partition coefficient (Wildman–Crippen LogP) is 3.84. The normalized spacial score (nSPS) is 13.6. The van der Waals surface area contributed by atoms with Gasteiger partial charge in [-0.25, -0.2) is 0 Å². The summed E-state index contributed by atoms with van der Waals surface area (Å²) in [6.45, 7) is 0.643. The van der Waals surface area contributed by atoms with Gasteiger partial charge in [0.15, 0.2) is 5.78 Å². The van der Waals surface area contributed by atoms with Crippen molar-refractivity contribution < 1.29 is 9.59 Å². The Hall–Kier alpha value is -2.42. The minimum Gasteiger partial charge on any atom is -0.335 e. The summed E-state index contributed by atoms with van der Waals surface area (Å²) < 4.78 is 0. The molecule has 2 aromatic carbocycles. The van der Waals surface area contributed by atoms with E-state index in [4.69, 9.17) is 0 Å². The number of benzene rings is 2. The lowest BCUT2D eigenvalue weighted by Gasteiger charge is -2.22. The number of amides is 1. The highest BCUT2D eigenvalue weighted by Crippen LogP contribution is 2.29. The molecule has 0 spiro atoms. The Labute approximate surface area is 136 Å². The number of nitrogens with zero attached hydrogens (tertiary/aromatic N) is 1. The van der Waals surface area contributed by atoms with E-state index in [2.05, 4.69) is 0 Å². The zero-order valence-electron chi connectivity index (χ0n) is 13.2. The van der Waals surface area contributed by atoms with E-state index in [0.717, 1.165) is 18.4 Å². The van der Waals surface area contributed by atoms with Crippen LogP contribution >= 0.6 is 0 Å². The summed E-state index contributed by atoms with van der Waals surface area (Å²) in [5, 5.41) is 0. The molecule has 0 saturated heterocycles. The Bertz CT molecular complexity index is 663. The first-order valence-electron chi connectivity index (χ1n) is 8.15. The Morgan fingerprint density at radius 2 is 1.48 bits per heavy atom. The van der Waals surface area contributed by atoms with Crippen LogP contribution in [0.5, 0.6) is 0 Å². The predicted molar refractivity (Wildman–Crippen MR) is 90.0 cm³/mol. The molecule has 0 unspecified atom stereocenters. The molecule has 118 valence electrons. The van der Waals surface area contributed by atoms with Crippen LogP contribution in [0.2, 0.25) is 0 Å². The molecule has 1 saturated carbocycles. The number of hydrogen-bond acceptors (Lipinski definition) is 2. The lowest BCUT2D eigenvalue weighted by atomic mass is 10.1. The summed E-state index contributed by atoms with van der Waals surface area (Å²) in [7, 11) is 0. The van der Waals surface area contributed by atoms with Crippen molar-refractivity contribution in [2.45, 2.75) is 38.3 Å². The van der Waals surface area contributed by atoms with E-state index in [0.29, 0.717) is 18.2 Å². The van der Waals surface area contributed by atoms with Crippen molar-refractivity contribution in [2.75, 3.05) is 0 Å². The summed E-state index contributed by atoms with van der Waals surface area (Å²) >= 11 is 0. The van der Waals surface area contributed by atoms with Gasteiger partial charge in [-0.1, -0.05) is 60.7 Å². The summed E-state index contributed by atoms with van der Waals surface area (Å²) in [5.41, 5.74) is 1.82. The molecule has 3 rings (SSSR count). The Morgan fingerprint density at radius 1 is 0.870 bits per heavy atom. The minimum atomic E-state index is 0.0365. The summed E-state index contributed by atoms with van der Waals surface area (Å²) in [6.07, 6.45) is 2.72. The van der Waals surface area contributed by atoms with Crippen LogP contribution in [0.1, 0.15) is 41.6 Å². The Kier molecular flexibility index (Phi) is 4.86. The van der Waals surface area contributed by atoms with E-state index in [1.165, 1.54) is 0 Å². The van der Waals surface area contributed by atoms with E-state index in [1.54, 1.807) is 12.1 Å². The smallest absolute Gasteiger partial charge is 0.223 e. The lowest BCUT2D eigenvalue weighted by molar-refractivity contribution is -0.132. The molecule has 2 aromatic rings. The molecule has 0 N–H and O–H groups in total. The maximum absolute atomic E-state index is 12.5. The summed E-state index contributed by atoms with van der Waals surface area (Å²) in [5.74, 6) is 0.120. The quantitative estimate of drug-likeness (QED) is 0.729. The van der Waals surface area contributed by atoms with Crippen LogP contribution in [-0.2, 0) is 11.3 Å². The molecule has 23 heavy (non-hydrogen) atoms. The van der Waals surface area contributed by atoms with Crippen LogP contribution in [0, 0.1) is 0 Å². The fourth-order valence-corrected chi connectivity index (χ4v) is 2.72. The van der Waals surface area contributed by atoms with Gasteiger partial charge in [-0.2, -0.15) is 0 Å². The first-order chi connectivity index (χ1) is 11.2. The topological polar surface area (TPSA) is 37.4 Å². The van der Waals surface area contributed by atoms with Crippen molar-refractivity contribution >= 4 is 11.7 Å². The second-order valence-electron chi connectivity index (χ2n) is 6.03. The highest BCUT2D eigenvalue weighted by molar-refractivity contribution is 5.97. The molecular formula is C20H21NO2. The first kappa shape index (κ1) is 15.5. The second kappa shape index (κ2) is 7.23. The van der Waals surface area contributed by atoms with E-state index in [9.17, 15) is 9.59 Å². The van der Waals surface area contributed by atoms with Crippen molar-refractivity contribution in [3.05, 3.63) is 71.8 Å². The average Bonchev–Trinajstić information content (AvgIpc) is 3.44. The maximum atomic E-state index is 12.5. The third kappa shape index (κ3) is 4.28. The van der Waals surface area contributed by atoms with Gasteiger partial charge in [-0.15, -0.1) is 0 Å². The molecule has 1 aliphatic carbocycles. The largest absolute Gasteiger partial charge is 0.335 e. The molecule has 1 fully saturated rings. The van der Waals surface area contributed by atoms with Gasteiger partial charge in [0, 0.05) is 31.0 Å². The van der Waals surface area contributed by atoms with Crippen LogP contribution < -0.4 is 0 Å². The van der Waals surface area contributed by atoms with Crippen molar-refractivity contribution in [3.63, 3.8) is 0 Å². The van der Waals surface area contributed by atoms with Crippen LogP contribution in [-0.4, -0.2) is 22.6 Å². The molecule has 1 aliphatic rings. The monoisotopic (exact) mass is 307 g/mol. The molecule has 3 nitrogen and oxygen atoms in total. The number of ketones is 1. The highest BCUT2D eigenvalue weighted by atomic mass is 16.2.